The average molecular weight is 230 g/mol. The van der Waals surface area contributed by atoms with Crippen LogP contribution in [0.1, 0.15) is 18.4 Å². The van der Waals surface area contributed by atoms with E-state index in [4.69, 9.17) is 22.1 Å². The van der Waals surface area contributed by atoms with E-state index in [0.717, 1.165) is 18.4 Å². The highest BCUT2D eigenvalue weighted by atomic mass is 35.5. The first-order valence-electron chi connectivity index (χ1n) is 4.86. The van der Waals surface area contributed by atoms with Gasteiger partial charge in [-0.25, -0.2) is 4.39 Å². The summed E-state index contributed by atoms with van der Waals surface area (Å²) in [6.07, 6.45) is 2.02. The van der Waals surface area contributed by atoms with Gasteiger partial charge in [0.2, 0.25) is 0 Å². The van der Waals surface area contributed by atoms with Crippen molar-refractivity contribution in [2.45, 2.75) is 18.3 Å². The van der Waals surface area contributed by atoms with E-state index < -0.39 is 5.82 Å². The largest absolute Gasteiger partial charge is 0.495 e. The monoisotopic (exact) mass is 229 g/mol. The Hall–Kier alpha value is -0.800. The van der Waals surface area contributed by atoms with Crippen LogP contribution in [0.3, 0.4) is 0 Å². The second-order valence-corrected chi connectivity index (χ2v) is 4.34. The van der Waals surface area contributed by atoms with Gasteiger partial charge in [-0.2, -0.15) is 0 Å². The number of methoxy groups -OCH3 is 1. The Bertz CT molecular complexity index is 390. The van der Waals surface area contributed by atoms with Gasteiger partial charge in [0, 0.05) is 12.0 Å². The topological polar surface area (TPSA) is 35.2 Å². The lowest BCUT2D eigenvalue weighted by Crippen LogP contribution is -2.19. The highest BCUT2D eigenvalue weighted by Crippen LogP contribution is 2.49. The number of rotatable bonds is 3. The molecule has 0 spiro atoms. The molecule has 0 unspecified atom stereocenters. The minimum Gasteiger partial charge on any atom is -0.495 e. The summed E-state index contributed by atoms with van der Waals surface area (Å²) in [5, 5.41) is 0.0362. The van der Waals surface area contributed by atoms with E-state index >= 15 is 0 Å². The minimum atomic E-state index is -0.439. The number of halogens is 2. The maximum Gasteiger partial charge on any atom is 0.145 e. The predicted octanol–water partition coefficient (Wildman–Crippen LogP) is 2.48. The van der Waals surface area contributed by atoms with Crippen molar-refractivity contribution in [2.24, 2.45) is 5.73 Å². The van der Waals surface area contributed by atoms with Crippen molar-refractivity contribution in [1.82, 2.24) is 0 Å². The maximum atomic E-state index is 13.5. The van der Waals surface area contributed by atoms with Crippen molar-refractivity contribution in [2.75, 3.05) is 13.7 Å². The third-order valence-electron chi connectivity index (χ3n) is 3.07. The van der Waals surface area contributed by atoms with Crippen LogP contribution in [0, 0.1) is 5.82 Å². The summed E-state index contributed by atoms with van der Waals surface area (Å²) in [6, 6.07) is 3.25. The molecule has 2 nitrogen and oxygen atoms in total. The molecule has 0 amide bonds. The highest BCUT2D eigenvalue weighted by molar-refractivity contribution is 6.32. The van der Waals surface area contributed by atoms with E-state index in [1.54, 1.807) is 6.07 Å². The molecule has 15 heavy (non-hydrogen) atoms. The van der Waals surface area contributed by atoms with Crippen LogP contribution in [0.25, 0.3) is 0 Å². The smallest absolute Gasteiger partial charge is 0.145 e. The van der Waals surface area contributed by atoms with E-state index in [-0.39, 0.29) is 10.4 Å². The molecule has 2 N–H and O–H groups in total. The Morgan fingerprint density at radius 1 is 1.53 bits per heavy atom. The van der Waals surface area contributed by atoms with Crippen LogP contribution in [-0.2, 0) is 5.41 Å². The van der Waals surface area contributed by atoms with Gasteiger partial charge in [0.1, 0.15) is 16.6 Å². The van der Waals surface area contributed by atoms with E-state index in [1.165, 1.54) is 13.2 Å². The molecule has 1 saturated carbocycles. The number of ether oxygens (including phenoxy) is 1. The molecule has 2 rings (SSSR count). The molecule has 0 saturated heterocycles. The standard InChI is InChI=1S/C11H13ClFNO/c1-15-9-5-7(4-8(13)10(9)12)11(6-14)2-3-11/h4-5H,2-3,6,14H2,1H3. The van der Waals surface area contributed by atoms with Crippen molar-refractivity contribution in [3.63, 3.8) is 0 Å². The van der Waals surface area contributed by atoms with Gasteiger partial charge in [0.05, 0.1) is 7.11 Å². The van der Waals surface area contributed by atoms with E-state index in [2.05, 4.69) is 0 Å². The van der Waals surface area contributed by atoms with Crippen LogP contribution in [0.2, 0.25) is 5.02 Å². The van der Waals surface area contributed by atoms with Gasteiger partial charge in [-0.05, 0) is 30.5 Å². The molecular weight excluding hydrogens is 217 g/mol. The summed E-state index contributed by atoms with van der Waals surface area (Å²) in [5.74, 6) is -0.0582. The lowest BCUT2D eigenvalue weighted by atomic mass is 9.96. The zero-order chi connectivity index (χ0) is 11.1. The van der Waals surface area contributed by atoms with Crippen LogP contribution < -0.4 is 10.5 Å². The van der Waals surface area contributed by atoms with E-state index in [1.807, 2.05) is 0 Å². The number of nitrogens with two attached hydrogens (primary N) is 1. The molecule has 0 radical (unpaired) electrons. The summed E-state index contributed by atoms with van der Waals surface area (Å²) >= 11 is 5.75. The molecule has 1 aromatic carbocycles. The number of benzene rings is 1. The Morgan fingerprint density at radius 2 is 2.20 bits per heavy atom. The Balaban J connectivity index is 2.46. The van der Waals surface area contributed by atoms with Crippen LogP contribution in [0.15, 0.2) is 12.1 Å². The maximum absolute atomic E-state index is 13.5. The zero-order valence-corrected chi connectivity index (χ0v) is 9.27. The van der Waals surface area contributed by atoms with Gasteiger partial charge in [0.25, 0.3) is 0 Å². The highest BCUT2D eigenvalue weighted by Gasteiger charge is 2.43. The first-order chi connectivity index (χ1) is 7.13. The average Bonchev–Trinajstić information content (AvgIpc) is 3.02. The second-order valence-electron chi connectivity index (χ2n) is 3.96. The SMILES string of the molecule is COc1cc(C2(CN)CC2)cc(F)c1Cl. The van der Waals surface area contributed by atoms with E-state index in [0.29, 0.717) is 12.3 Å². The zero-order valence-electron chi connectivity index (χ0n) is 8.52. The number of hydrogen-bond donors (Lipinski definition) is 1. The molecule has 1 aliphatic rings. The van der Waals surface area contributed by atoms with Gasteiger partial charge >= 0.3 is 0 Å². The normalized spacial score (nSPS) is 17.6. The molecule has 0 aromatic heterocycles. The quantitative estimate of drug-likeness (QED) is 0.864. The molecule has 0 heterocycles. The fourth-order valence-electron chi connectivity index (χ4n) is 1.78. The lowest BCUT2D eigenvalue weighted by Gasteiger charge is -2.15. The Labute approximate surface area is 93.2 Å². The first kappa shape index (κ1) is 10.7. The Kier molecular flexibility index (Phi) is 2.61. The second kappa shape index (κ2) is 3.65. The van der Waals surface area contributed by atoms with Crippen molar-refractivity contribution < 1.29 is 9.13 Å². The van der Waals surface area contributed by atoms with Crippen LogP contribution in [0.4, 0.5) is 4.39 Å². The van der Waals surface area contributed by atoms with Crippen LogP contribution >= 0.6 is 11.6 Å². The summed E-state index contributed by atoms with van der Waals surface area (Å²) < 4.78 is 18.5. The fourth-order valence-corrected chi connectivity index (χ4v) is 1.97. The van der Waals surface area contributed by atoms with E-state index in [9.17, 15) is 4.39 Å². The summed E-state index contributed by atoms with van der Waals surface area (Å²) in [6.45, 7) is 0.539. The molecular formula is C11H13ClFNO. The van der Waals surface area contributed by atoms with Crippen molar-refractivity contribution in [3.8, 4) is 5.75 Å². The third kappa shape index (κ3) is 1.70. The molecule has 0 atom stereocenters. The molecule has 1 aromatic rings. The van der Waals surface area contributed by atoms with Gasteiger partial charge in [-0.15, -0.1) is 0 Å². The fraction of sp³-hybridized carbons (Fsp3) is 0.455. The number of hydrogen-bond acceptors (Lipinski definition) is 2. The molecule has 1 aliphatic carbocycles. The van der Waals surface area contributed by atoms with Gasteiger partial charge in [-0.1, -0.05) is 11.6 Å². The predicted molar refractivity (Wildman–Crippen MR) is 57.9 cm³/mol. The third-order valence-corrected chi connectivity index (χ3v) is 3.44. The van der Waals surface area contributed by atoms with Gasteiger partial charge in [0.15, 0.2) is 0 Å². The van der Waals surface area contributed by atoms with Crippen LogP contribution in [-0.4, -0.2) is 13.7 Å². The Morgan fingerprint density at radius 3 is 2.67 bits per heavy atom. The minimum absolute atomic E-state index is 0.0362. The lowest BCUT2D eigenvalue weighted by molar-refractivity contribution is 0.410. The van der Waals surface area contributed by atoms with Gasteiger partial charge < -0.3 is 10.5 Å². The molecule has 1 fully saturated rings. The summed E-state index contributed by atoms with van der Waals surface area (Å²) in [4.78, 5) is 0. The summed E-state index contributed by atoms with van der Waals surface area (Å²) in [5.41, 5.74) is 6.53. The molecule has 0 bridgehead atoms. The van der Waals surface area contributed by atoms with Crippen molar-refractivity contribution in [3.05, 3.63) is 28.5 Å². The van der Waals surface area contributed by atoms with Crippen molar-refractivity contribution in [1.29, 1.82) is 0 Å². The molecule has 82 valence electrons. The summed E-state index contributed by atoms with van der Waals surface area (Å²) in [7, 11) is 1.48. The van der Waals surface area contributed by atoms with Crippen molar-refractivity contribution >= 4 is 11.6 Å². The first-order valence-corrected chi connectivity index (χ1v) is 5.24. The van der Waals surface area contributed by atoms with Crippen LogP contribution in [0.5, 0.6) is 5.75 Å². The molecule has 0 aliphatic heterocycles. The van der Waals surface area contributed by atoms with Gasteiger partial charge in [-0.3, -0.25) is 0 Å². The molecule has 4 heteroatoms.